The highest BCUT2D eigenvalue weighted by atomic mass is 16.5. The molecule has 6 nitrogen and oxygen atoms in total. The second kappa shape index (κ2) is 7.62. The number of esters is 1. The lowest BCUT2D eigenvalue weighted by molar-refractivity contribution is -0.140. The van der Waals surface area contributed by atoms with E-state index in [9.17, 15) is 4.79 Å². The molecule has 0 fully saturated rings. The summed E-state index contributed by atoms with van der Waals surface area (Å²) in [7, 11) is 1.41. The Labute approximate surface area is 170 Å². The SMILES string of the molecule is COC(=O)CC[C@@H]1N=C(c2cccnc2)c2cc(C)c(C)cc2-n2c(C)cnc21. The Bertz CT molecular complexity index is 1100. The molecule has 1 aromatic carbocycles. The van der Waals surface area contributed by atoms with Crippen molar-refractivity contribution in [1.29, 1.82) is 0 Å². The van der Waals surface area contributed by atoms with E-state index in [2.05, 4.69) is 40.5 Å². The van der Waals surface area contributed by atoms with Gasteiger partial charge in [-0.1, -0.05) is 0 Å². The highest BCUT2D eigenvalue weighted by Gasteiger charge is 2.28. The highest BCUT2D eigenvalue weighted by molar-refractivity contribution is 6.15. The maximum atomic E-state index is 11.8. The summed E-state index contributed by atoms with van der Waals surface area (Å²) in [5, 5.41) is 0. The number of carbonyl (C=O) groups is 1. The van der Waals surface area contributed by atoms with Crippen LogP contribution in [0.25, 0.3) is 5.69 Å². The summed E-state index contributed by atoms with van der Waals surface area (Å²) in [5.41, 5.74) is 7.37. The first-order valence-electron chi connectivity index (χ1n) is 9.71. The number of hydrogen-bond donors (Lipinski definition) is 0. The molecule has 0 radical (unpaired) electrons. The minimum absolute atomic E-state index is 0.244. The second-order valence-corrected chi connectivity index (χ2v) is 7.40. The van der Waals surface area contributed by atoms with E-state index >= 15 is 0 Å². The number of aryl methyl sites for hydroxylation is 3. The Morgan fingerprint density at radius 3 is 2.69 bits per heavy atom. The second-order valence-electron chi connectivity index (χ2n) is 7.40. The van der Waals surface area contributed by atoms with Crippen LogP contribution in [0, 0.1) is 20.8 Å². The molecule has 148 valence electrons. The van der Waals surface area contributed by atoms with Gasteiger partial charge in [-0.2, -0.15) is 0 Å². The van der Waals surface area contributed by atoms with Crippen LogP contribution in [0.2, 0.25) is 0 Å². The summed E-state index contributed by atoms with van der Waals surface area (Å²) in [6.07, 6.45) is 6.26. The number of fused-ring (bicyclic) bond motifs is 3. The maximum absolute atomic E-state index is 11.8. The molecule has 6 heteroatoms. The van der Waals surface area contributed by atoms with Crippen molar-refractivity contribution in [2.45, 2.75) is 39.7 Å². The number of carbonyl (C=O) groups excluding carboxylic acids is 1. The average molecular weight is 388 g/mol. The van der Waals surface area contributed by atoms with E-state index in [1.54, 1.807) is 6.20 Å². The van der Waals surface area contributed by atoms with Crippen molar-refractivity contribution in [2.24, 2.45) is 4.99 Å². The van der Waals surface area contributed by atoms with Crippen LogP contribution >= 0.6 is 0 Å². The van der Waals surface area contributed by atoms with Gasteiger partial charge in [-0.15, -0.1) is 0 Å². The summed E-state index contributed by atoms with van der Waals surface area (Å²) in [4.78, 5) is 25.9. The Morgan fingerprint density at radius 1 is 1.17 bits per heavy atom. The lowest BCUT2D eigenvalue weighted by Gasteiger charge is -2.16. The van der Waals surface area contributed by atoms with Crippen LogP contribution in [0.1, 0.15) is 52.7 Å². The third-order valence-corrected chi connectivity index (χ3v) is 5.44. The monoisotopic (exact) mass is 388 g/mol. The lowest BCUT2D eigenvalue weighted by atomic mass is 9.97. The fraction of sp³-hybridized carbons (Fsp3) is 0.304. The van der Waals surface area contributed by atoms with E-state index in [0.29, 0.717) is 6.42 Å². The van der Waals surface area contributed by atoms with Crippen LogP contribution in [0.15, 0.2) is 47.8 Å². The Kier molecular flexibility index (Phi) is 5.01. The molecule has 0 amide bonds. The molecule has 0 bridgehead atoms. The number of rotatable bonds is 4. The number of ether oxygens (including phenoxy) is 1. The molecule has 1 aliphatic heterocycles. The van der Waals surface area contributed by atoms with Gasteiger partial charge in [-0.25, -0.2) is 4.98 Å². The van der Waals surface area contributed by atoms with E-state index < -0.39 is 0 Å². The Balaban J connectivity index is 1.96. The fourth-order valence-electron chi connectivity index (χ4n) is 3.75. The van der Waals surface area contributed by atoms with Gasteiger partial charge in [-0.05, 0) is 62.6 Å². The standard InChI is InChI=1S/C23H24N4O2/c1-14-10-18-20(11-15(14)2)27-16(3)12-25-23(27)19(7-8-21(28)29-4)26-22(18)17-6-5-9-24-13-17/h5-6,9-13,19H,7-8H2,1-4H3/t19-/m0/s1. The molecule has 4 rings (SSSR count). The van der Waals surface area contributed by atoms with Crippen molar-refractivity contribution in [1.82, 2.24) is 14.5 Å². The van der Waals surface area contributed by atoms with Crippen molar-refractivity contribution in [3.05, 3.63) is 76.6 Å². The van der Waals surface area contributed by atoms with E-state index in [-0.39, 0.29) is 18.4 Å². The molecule has 3 aromatic rings. The van der Waals surface area contributed by atoms with Gasteiger partial charge in [0.2, 0.25) is 0 Å². The number of methoxy groups -OCH3 is 1. The Morgan fingerprint density at radius 2 is 1.97 bits per heavy atom. The first-order chi connectivity index (χ1) is 14.0. The summed E-state index contributed by atoms with van der Waals surface area (Å²) >= 11 is 0. The summed E-state index contributed by atoms with van der Waals surface area (Å²) < 4.78 is 7.01. The number of aromatic nitrogens is 3. The van der Waals surface area contributed by atoms with E-state index in [1.807, 2.05) is 31.5 Å². The molecule has 0 saturated carbocycles. The van der Waals surface area contributed by atoms with Crippen molar-refractivity contribution in [3.63, 3.8) is 0 Å². The van der Waals surface area contributed by atoms with E-state index in [1.165, 1.54) is 18.2 Å². The van der Waals surface area contributed by atoms with E-state index in [4.69, 9.17) is 9.73 Å². The van der Waals surface area contributed by atoms with Crippen LogP contribution in [0.5, 0.6) is 0 Å². The first-order valence-corrected chi connectivity index (χ1v) is 9.71. The minimum Gasteiger partial charge on any atom is -0.469 e. The molecule has 1 aliphatic rings. The number of benzene rings is 1. The van der Waals surface area contributed by atoms with Gasteiger partial charge in [-0.3, -0.25) is 19.3 Å². The van der Waals surface area contributed by atoms with Gasteiger partial charge in [0.1, 0.15) is 11.9 Å². The Hall–Kier alpha value is -3.28. The van der Waals surface area contributed by atoms with Gasteiger partial charge < -0.3 is 4.74 Å². The third kappa shape index (κ3) is 3.46. The van der Waals surface area contributed by atoms with Crippen LogP contribution < -0.4 is 0 Å². The van der Waals surface area contributed by atoms with Crippen molar-refractivity contribution in [2.75, 3.05) is 7.11 Å². The lowest BCUT2D eigenvalue weighted by Crippen LogP contribution is -2.09. The smallest absolute Gasteiger partial charge is 0.305 e. The maximum Gasteiger partial charge on any atom is 0.305 e. The molecule has 0 saturated heterocycles. The predicted octanol–water partition coefficient (Wildman–Crippen LogP) is 4.04. The van der Waals surface area contributed by atoms with Crippen LogP contribution in [-0.2, 0) is 9.53 Å². The van der Waals surface area contributed by atoms with Crippen molar-refractivity contribution in [3.8, 4) is 5.69 Å². The summed E-state index contributed by atoms with van der Waals surface area (Å²) in [6.45, 7) is 6.27. The van der Waals surface area contributed by atoms with Gasteiger partial charge in [0, 0.05) is 41.8 Å². The summed E-state index contributed by atoms with van der Waals surface area (Å²) in [5.74, 6) is 0.598. The molecule has 0 aliphatic carbocycles. The van der Waals surface area contributed by atoms with Gasteiger partial charge in [0.25, 0.3) is 0 Å². The molecule has 0 spiro atoms. The zero-order chi connectivity index (χ0) is 20.5. The summed E-state index contributed by atoms with van der Waals surface area (Å²) in [6, 6.07) is 8.05. The van der Waals surface area contributed by atoms with Crippen LogP contribution in [0.4, 0.5) is 0 Å². The molecule has 29 heavy (non-hydrogen) atoms. The first kappa shape index (κ1) is 19.1. The number of nitrogens with zero attached hydrogens (tertiary/aromatic N) is 4. The van der Waals surface area contributed by atoms with Crippen LogP contribution in [-0.4, -0.2) is 33.3 Å². The average Bonchev–Trinajstić information content (AvgIpc) is 3.05. The zero-order valence-corrected chi connectivity index (χ0v) is 17.1. The normalized spacial score (nSPS) is 15.2. The van der Waals surface area contributed by atoms with Crippen molar-refractivity contribution < 1.29 is 9.53 Å². The minimum atomic E-state index is -0.258. The zero-order valence-electron chi connectivity index (χ0n) is 17.1. The number of imidazole rings is 1. The largest absolute Gasteiger partial charge is 0.469 e. The quantitative estimate of drug-likeness (QED) is 0.633. The molecule has 0 N–H and O–H groups in total. The molecule has 1 atom stereocenters. The van der Waals surface area contributed by atoms with Gasteiger partial charge in [0.15, 0.2) is 0 Å². The molecular formula is C23H24N4O2. The number of aliphatic imine (C=N–C) groups is 1. The van der Waals surface area contributed by atoms with Crippen LogP contribution in [0.3, 0.4) is 0 Å². The molecule has 3 heterocycles. The molecule has 2 aromatic heterocycles. The van der Waals surface area contributed by atoms with E-state index in [0.717, 1.165) is 34.0 Å². The number of pyridine rings is 1. The topological polar surface area (TPSA) is 69.4 Å². The van der Waals surface area contributed by atoms with Gasteiger partial charge in [0.05, 0.1) is 18.5 Å². The predicted molar refractivity (Wildman–Crippen MR) is 112 cm³/mol. The highest BCUT2D eigenvalue weighted by Crippen LogP contribution is 2.34. The fourth-order valence-corrected chi connectivity index (χ4v) is 3.75. The molecule has 0 unspecified atom stereocenters. The van der Waals surface area contributed by atoms with Crippen molar-refractivity contribution >= 4 is 11.7 Å². The number of hydrogen-bond acceptors (Lipinski definition) is 5. The van der Waals surface area contributed by atoms with Gasteiger partial charge >= 0.3 is 5.97 Å². The molecular weight excluding hydrogens is 364 g/mol. The third-order valence-electron chi connectivity index (χ3n) is 5.44.